The summed E-state index contributed by atoms with van der Waals surface area (Å²) in [6, 6.07) is 17.7. The Hall–Kier alpha value is -2.13. The minimum absolute atomic E-state index is 0.0293. The average Bonchev–Trinajstić information content (AvgIpc) is 2.42. The first kappa shape index (κ1) is 13.3. The Bertz CT molecular complexity index is 520. The van der Waals surface area contributed by atoms with Gasteiger partial charge in [0.25, 0.3) is 0 Å². The summed E-state index contributed by atoms with van der Waals surface area (Å²) >= 11 is 0. The number of carbonyl (C=O) groups excluding carboxylic acids is 1. The first-order valence-corrected chi connectivity index (χ1v) is 6.35. The van der Waals surface area contributed by atoms with Crippen LogP contribution in [0.15, 0.2) is 54.6 Å². The molecular formula is C16H18N2O. The second kappa shape index (κ2) is 6.71. The third-order valence-corrected chi connectivity index (χ3v) is 2.79. The van der Waals surface area contributed by atoms with E-state index in [1.165, 1.54) is 11.1 Å². The monoisotopic (exact) mass is 254 g/mol. The SMILES string of the molecule is Cc1ccc(CNCC(=O)Nc2ccccc2)cc1. The van der Waals surface area contributed by atoms with Crippen molar-refractivity contribution in [1.29, 1.82) is 0 Å². The molecule has 98 valence electrons. The highest BCUT2D eigenvalue weighted by Gasteiger charge is 2.01. The number of rotatable bonds is 5. The zero-order valence-electron chi connectivity index (χ0n) is 11.0. The van der Waals surface area contributed by atoms with Gasteiger partial charge in [0, 0.05) is 12.2 Å². The predicted octanol–water partition coefficient (Wildman–Crippen LogP) is 2.72. The summed E-state index contributed by atoms with van der Waals surface area (Å²) in [5.41, 5.74) is 3.24. The molecule has 3 nitrogen and oxygen atoms in total. The fourth-order valence-corrected chi connectivity index (χ4v) is 1.75. The van der Waals surface area contributed by atoms with E-state index in [1.54, 1.807) is 0 Å². The first-order valence-electron chi connectivity index (χ1n) is 6.35. The lowest BCUT2D eigenvalue weighted by Gasteiger charge is -2.07. The Morgan fingerprint density at radius 2 is 1.68 bits per heavy atom. The highest BCUT2D eigenvalue weighted by molar-refractivity contribution is 5.92. The molecule has 0 bridgehead atoms. The molecule has 2 rings (SSSR count). The van der Waals surface area contributed by atoms with E-state index in [9.17, 15) is 4.79 Å². The van der Waals surface area contributed by atoms with Gasteiger partial charge in [0.05, 0.1) is 6.54 Å². The maximum atomic E-state index is 11.7. The molecule has 3 heteroatoms. The summed E-state index contributed by atoms with van der Waals surface area (Å²) in [6.07, 6.45) is 0. The highest BCUT2D eigenvalue weighted by atomic mass is 16.1. The second-order valence-corrected chi connectivity index (χ2v) is 4.50. The van der Waals surface area contributed by atoms with Crippen LogP contribution in [0.5, 0.6) is 0 Å². The van der Waals surface area contributed by atoms with E-state index in [0.29, 0.717) is 13.1 Å². The van der Waals surface area contributed by atoms with Gasteiger partial charge in [-0.3, -0.25) is 4.79 Å². The van der Waals surface area contributed by atoms with Crippen molar-refractivity contribution >= 4 is 11.6 Å². The van der Waals surface area contributed by atoms with Crippen molar-refractivity contribution in [3.05, 3.63) is 65.7 Å². The van der Waals surface area contributed by atoms with E-state index in [-0.39, 0.29) is 5.91 Å². The molecule has 0 atom stereocenters. The molecule has 0 aliphatic heterocycles. The summed E-state index contributed by atoms with van der Waals surface area (Å²) in [5, 5.41) is 5.96. The molecule has 0 radical (unpaired) electrons. The van der Waals surface area contributed by atoms with E-state index in [1.807, 2.05) is 30.3 Å². The fraction of sp³-hybridized carbons (Fsp3) is 0.188. The fourth-order valence-electron chi connectivity index (χ4n) is 1.75. The predicted molar refractivity (Wildman–Crippen MR) is 78.0 cm³/mol. The van der Waals surface area contributed by atoms with Crippen molar-refractivity contribution in [1.82, 2.24) is 5.32 Å². The Labute approximate surface area is 113 Å². The van der Waals surface area contributed by atoms with Gasteiger partial charge in [-0.1, -0.05) is 48.0 Å². The summed E-state index contributed by atoms with van der Waals surface area (Å²) in [4.78, 5) is 11.7. The molecule has 0 heterocycles. The van der Waals surface area contributed by atoms with Gasteiger partial charge in [0.1, 0.15) is 0 Å². The molecule has 1 amide bonds. The molecule has 0 saturated heterocycles. The van der Waals surface area contributed by atoms with Gasteiger partial charge >= 0.3 is 0 Å². The molecular weight excluding hydrogens is 236 g/mol. The largest absolute Gasteiger partial charge is 0.325 e. The molecule has 0 aliphatic carbocycles. The number of para-hydroxylation sites is 1. The maximum Gasteiger partial charge on any atom is 0.238 e. The summed E-state index contributed by atoms with van der Waals surface area (Å²) in [6.45, 7) is 3.07. The van der Waals surface area contributed by atoms with Gasteiger partial charge in [0.2, 0.25) is 5.91 Å². The second-order valence-electron chi connectivity index (χ2n) is 4.50. The summed E-state index contributed by atoms with van der Waals surface area (Å²) < 4.78 is 0. The minimum Gasteiger partial charge on any atom is -0.325 e. The van der Waals surface area contributed by atoms with Crippen LogP contribution in [0.3, 0.4) is 0 Å². The number of hydrogen-bond donors (Lipinski definition) is 2. The van der Waals surface area contributed by atoms with Gasteiger partial charge in [0.15, 0.2) is 0 Å². The first-order chi connectivity index (χ1) is 9.24. The Kier molecular flexibility index (Phi) is 4.70. The number of carbonyl (C=O) groups is 1. The highest BCUT2D eigenvalue weighted by Crippen LogP contribution is 2.04. The number of benzene rings is 2. The molecule has 19 heavy (non-hydrogen) atoms. The number of hydrogen-bond acceptors (Lipinski definition) is 2. The number of anilines is 1. The van der Waals surface area contributed by atoms with Crippen LogP contribution in [0.25, 0.3) is 0 Å². The molecule has 2 aromatic carbocycles. The van der Waals surface area contributed by atoms with Gasteiger partial charge in [-0.05, 0) is 24.6 Å². The third kappa shape index (κ3) is 4.56. The van der Waals surface area contributed by atoms with Crippen LogP contribution in [-0.4, -0.2) is 12.5 Å². The van der Waals surface area contributed by atoms with E-state index in [2.05, 4.69) is 41.8 Å². The van der Waals surface area contributed by atoms with Crippen LogP contribution in [-0.2, 0) is 11.3 Å². The third-order valence-electron chi connectivity index (χ3n) is 2.79. The standard InChI is InChI=1S/C16H18N2O/c1-13-7-9-14(10-8-13)11-17-12-16(19)18-15-5-3-2-4-6-15/h2-10,17H,11-12H2,1H3,(H,18,19). The quantitative estimate of drug-likeness (QED) is 0.861. The Morgan fingerprint density at radius 1 is 1.00 bits per heavy atom. The molecule has 2 N–H and O–H groups in total. The zero-order chi connectivity index (χ0) is 13.5. The van der Waals surface area contributed by atoms with Crippen molar-refractivity contribution in [2.75, 3.05) is 11.9 Å². The van der Waals surface area contributed by atoms with Gasteiger partial charge in [-0.25, -0.2) is 0 Å². The van der Waals surface area contributed by atoms with E-state index in [0.717, 1.165) is 5.69 Å². The van der Waals surface area contributed by atoms with Crippen LogP contribution in [0.2, 0.25) is 0 Å². The van der Waals surface area contributed by atoms with Gasteiger partial charge < -0.3 is 10.6 Å². The smallest absolute Gasteiger partial charge is 0.238 e. The van der Waals surface area contributed by atoms with Crippen molar-refractivity contribution in [3.8, 4) is 0 Å². The van der Waals surface area contributed by atoms with Crippen molar-refractivity contribution in [2.45, 2.75) is 13.5 Å². The lowest BCUT2D eigenvalue weighted by Crippen LogP contribution is -2.27. The average molecular weight is 254 g/mol. The number of aryl methyl sites for hydroxylation is 1. The maximum absolute atomic E-state index is 11.7. The van der Waals surface area contributed by atoms with Crippen molar-refractivity contribution in [2.24, 2.45) is 0 Å². The Morgan fingerprint density at radius 3 is 2.37 bits per heavy atom. The minimum atomic E-state index is -0.0293. The van der Waals surface area contributed by atoms with Crippen LogP contribution in [0.4, 0.5) is 5.69 Å². The molecule has 0 aliphatic rings. The van der Waals surface area contributed by atoms with Gasteiger partial charge in [-0.15, -0.1) is 0 Å². The normalized spacial score (nSPS) is 10.2. The number of amides is 1. The topological polar surface area (TPSA) is 41.1 Å². The van der Waals surface area contributed by atoms with Crippen LogP contribution < -0.4 is 10.6 Å². The lowest BCUT2D eigenvalue weighted by atomic mass is 10.1. The summed E-state index contributed by atoms with van der Waals surface area (Å²) in [7, 11) is 0. The van der Waals surface area contributed by atoms with Crippen LogP contribution in [0.1, 0.15) is 11.1 Å². The van der Waals surface area contributed by atoms with Crippen LogP contribution in [0, 0.1) is 6.92 Å². The van der Waals surface area contributed by atoms with E-state index < -0.39 is 0 Å². The van der Waals surface area contributed by atoms with E-state index in [4.69, 9.17) is 0 Å². The molecule has 0 saturated carbocycles. The number of nitrogens with one attached hydrogen (secondary N) is 2. The molecule has 0 aromatic heterocycles. The van der Waals surface area contributed by atoms with Crippen molar-refractivity contribution < 1.29 is 4.79 Å². The Balaban J connectivity index is 1.74. The van der Waals surface area contributed by atoms with Crippen molar-refractivity contribution in [3.63, 3.8) is 0 Å². The molecule has 0 spiro atoms. The van der Waals surface area contributed by atoms with Gasteiger partial charge in [-0.2, -0.15) is 0 Å². The lowest BCUT2D eigenvalue weighted by molar-refractivity contribution is -0.115. The van der Waals surface area contributed by atoms with E-state index >= 15 is 0 Å². The molecule has 0 fully saturated rings. The zero-order valence-corrected chi connectivity index (χ0v) is 11.0. The summed E-state index contributed by atoms with van der Waals surface area (Å²) in [5.74, 6) is -0.0293. The molecule has 2 aromatic rings. The molecule has 0 unspecified atom stereocenters. The van der Waals surface area contributed by atoms with Crippen LogP contribution >= 0.6 is 0 Å².